The lowest BCUT2D eigenvalue weighted by atomic mass is 10.1. The van der Waals surface area contributed by atoms with Gasteiger partial charge in [-0.2, -0.15) is 0 Å². The van der Waals surface area contributed by atoms with Gasteiger partial charge in [0.05, 0.1) is 7.11 Å². The van der Waals surface area contributed by atoms with Crippen molar-refractivity contribution in [1.82, 2.24) is 0 Å². The van der Waals surface area contributed by atoms with Gasteiger partial charge in [0.25, 0.3) is 0 Å². The second-order valence-electron chi connectivity index (χ2n) is 5.35. The van der Waals surface area contributed by atoms with Gasteiger partial charge in [0, 0.05) is 11.3 Å². The smallest absolute Gasteiger partial charge is 0.118 e. The molecule has 0 heterocycles. The number of hydrogen-bond acceptors (Lipinski definition) is 2. The molecule has 2 nitrogen and oxygen atoms in total. The lowest BCUT2D eigenvalue weighted by Gasteiger charge is -2.15. The maximum atomic E-state index is 5.24. The zero-order valence-electron chi connectivity index (χ0n) is 13.6. The number of anilines is 1. The predicted molar refractivity (Wildman–Crippen MR) is 99.1 cm³/mol. The summed E-state index contributed by atoms with van der Waals surface area (Å²) in [6, 6.07) is 28.0. The van der Waals surface area contributed by atoms with Crippen LogP contribution in [0.1, 0.15) is 17.2 Å². The van der Waals surface area contributed by atoms with Crippen molar-refractivity contribution in [1.29, 1.82) is 0 Å². The van der Waals surface area contributed by atoms with E-state index in [-0.39, 0.29) is 6.04 Å². The lowest BCUT2D eigenvalue weighted by Crippen LogP contribution is -2.08. The highest BCUT2D eigenvalue weighted by molar-refractivity contribution is 5.49. The second kappa shape index (κ2) is 7.89. The molecule has 0 bridgehead atoms. The van der Waals surface area contributed by atoms with Crippen LogP contribution in [0.2, 0.25) is 0 Å². The van der Waals surface area contributed by atoms with Crippen LogP contribution in [0.25, 0.3) is 0 Å². The minimum Gasteiger partial charge on any atom is -0.497 e. The normalized spacial score (nSPS) is 11.0. The monoisotopic (exact) mass is 313 g/mol. The Kier molecular flexibility index (Phi) is 5.17. The number of hydrogen-bond donors (Lipinski definition) is 1. The number of methoxy groups -OCH3 is 1. The summed E-state index contributed by atoms with van der Waals surface area (Å²) in [7, 11) is 1.67. The quantitative estimate of drug-likeness (QED) is 0.692. The molecule has 0 fully saturated rings. The van der Waals surface area contributed by atoms with Crippen LogP contribution in [-0.4, -0.2) is 7.11 Å². The van der Waals surface area contributed by atoms with E-state index in [0.29, 0.717) is 0 Å². The van der Waals surface area contributed by atoms with Gasteiger partial charge in [0.2, 0.25) is 0 Å². The summed E-state index contributed by atoms with van der Waals surface area (Å²) in [6.07, 6.45) is 0. The van der Waals surface area contributed by atoms with Gasteiger partial charge in [-0.3, -0.25) is 0 Å². The van der Waals surface area contributed by atoms with Crippen LogP contribution in [0.4, 0.5) is 5.69 Å². The molecule has 3 rings (SSSR count). The molecule has 0 aliphatic rings. The van der Waals surface area contributed by atoms with E-state index in [1.54, 1.807) is 7.11 Å². The minimum atomic E-state index is -0.0986. The molecule has 0 spiro atoms. The second-order valence-corrected chi connectivity index (χ2v) is 5.35. The average molecular weight is 313 g/mol. The van der Waals surface area contributed by atoms with Gasteiger partial charge in [0.15, 0.2) is 0 Å². The number of ether oxygens (including phenoxy) is 1. The first kappa shape index (κ1) is 15.7. The van der Waals surface area contributed by atoms with Gasteiger partial charge in [-0.05, 0) is 42.0 Å². The largest absolute Gasteiger partial charge is 0.497 e. The fourth-order valence-corrected chi connectivity index (χ4v) is 2.38. The molecule has 0 unspecified atom stereocenters. The van der Waals surface area contributed by atoms with Crippen molar-refractivity contribution in [2.75, 3.05) is 12.4 Å². The Morgan fingerprint density at radius 2 is 1.42 bits per heavy atom. The summed E-state index contributed by atoms with van der Waals surface area (Å²) in [4.78, 5) is 0. The van der Waals surface area contributed by atoms with Crippen molar-refractivity contribution in [2.45, 2.75) is 6.04 Å². The zero-order chi connectivity index (χ0) is 16.6. The Balaban J connectivity index is 1.89. The van der Waals surface area contributed by atoms with Crippen molar-refractivity contribution in [3.63, 3.8) is 0 Å². The average Bonchev–Trinajstić information content (AvgIpc) is 2.67. The molecule has 0 saturated carbocycles. The summed E-state index contributed by atoms with van der Waals surface area (Å²) in [6.45, 7) is 0. The summed E-state index contributed by atoms with van der Waals surface area (Å²) < 4.78 is 5.24. The minimum absolute atomic E-state index is 0.0986. The van der Waals surface area contributed by atoms with E-state index in [2.05, 4.69) is 17.2 Å². The van der Waals surface area contributed by atoms with Crippen LogP contribution in [0.15, 0.2) is 84.9 Å². The highest BCUT2D eigenvalue weighted by atomic mass is 16.5. The molecule has 0 saturated heterocycles. The van der Waals surface area contributed by atoms with Gasteiger partial charge in [0.1, 0.15) is 11.8 Å². The van der Waals surface area contributed by atoms with Crippen LogP contribution in [0.3, 0.4) is 0 Å². The summed E-state index contributed by atoms with van der Waals surface area (Å²) in [5, 5.41) is 3.49. The Morgan fingerprint density at radius 1 is 0.792 bits per heavy atom. The molecular formula is C22H19NO. The van der Waals surface area contributed by atoms with Crippen LogP contribution in [0, 0.1) is 11.8 Å². The number of para-hydroxylation sites is 1. The van der Waals surface area contributed by atoms with E-state index in [4.69, 9.17) is 4.74 Å². The van der Waals surface area contributed by atoms with Crippen LogP contribution in [0.5, 0.6) is 5.75 Å². The third kappa shape index (κ3) is 4.18. The van der Waals surface area contributed by atoms with Gasteiger partial charge < -0.3 is 10.1 Å². The first-order valence-electron chi connectivity index (χ1n) is 7.87. The molecule has 3 aromatic carbocycles. The molecule has 0 aliphatic carbocycles. The van der Waals surface area contributed by atoms with Crippen molar-refractivity contribution >= 4 is 5.69 Å². The molecule has 118 valence electrons. The van der Waals surface area contributed by atoms with E-state index in [1.165, 1.54) is 0 Å². The molecule has 0 amide bonds. The van der Waals surface area contributed by atoms with E-state index in [9.17, 15) is 0 Å². The summed E-state index contributed by atoms with van der Waals surface area (Å²) in [5.41, 5.74) is 3.15. The highest BCUT2D eigenvalue weighted by Gasteiger charge is 2.08. The van der Waals surface area contributed by atoms with Crippen LogP contribution < -0.4 is 10.1 Å². The molecule has 24 heavy (non-hydrogen) atoms. The van der Waals surface area contributed by atoms with E-state index < -0.39 is 0 Å². The first-order chi connectivity index (χ1) is 11.8. The maximum Gasteiger partial charge on any atom is 0.118 e. The van der Waals surface area contributed by atoms with E-state index in [0.717, 1.165) is 22.6 Å². The van der Waals surface area contributed by atoms with Gasteiger partial charge in [-0.25, -0.2) is 0 Å². The first-order valence-corrected chi connectivity index (χ1v) is 7.87. The topological polar surface area (TPSA) is 21.3 Å². The Morgan fingerprint density at radius 3 is 2.04 bits per heavy atom. The van der Waals surface area contributed by atoms with Crippen LogP contribution >= 0.6 is 0 Å². The Hall–Kier alpha value is -3.18. The third-order valence-corrected chi connectivity index (χ3v) is 3.67. The standard InChI is InChI=1S/C22H19NO/c1-24-21-15-13-19(14-16-21)22(23-20-10-6-3-7-11-20)17-12-18-8-4-2-5-9-18/h2-11,13-16,22-23H,1H3/t22-/m1/s1. The summed E-state index contributed by atoms with van der Waals surface area (Å²) in [5.74, 6) is 7.43. The van der Waals surface area contributed by atoms with E-state index in [1.807, 2.05) is 84.9 Å². The highest BCUT2D eigenvalue weighted by Crippen LogP contribution is 2.21. The summed E-state index contributed by atoms with van der Waals surface area (Å²) >= 11 is 0. The number of benzene rings is 3. The molecule has 0 aromatic heterocycles. The maximum absolute atomic E-state index is 5.24. The Labute approximate surface area is 143 Å². The molecular weight excluding hydrogens is 294 g/mol. The number of rotatable bonds is 4. The van der Waals surface area contributed by atoms with Gasteiger partial charge in [-0.1, -0.05) is 60.4 Å². The lowest BCUT2D eigenvalue weighted by molar-refractivity contribution is 0.414. The molecule has 0 radical (unpaired) electrons. The number of nitrogens with one attached hydrogen (secondary N) is 1. The van der Waals surface area contributed by atoms with Crippen LogP contribution in [-0.2, 0) is 0 Å². The molecule has 3 aromatic rings. The van der Waals surface area contributed by atoms with Crippen molar-refractivity contribution in [2.24, 2.45) is 0 Å². The van der Waals surface area contributed by atoms with Crippen molar-refractivity contribution in [3.8, 4) is 17.6 Å². The molecule has 1 N–H and O–H groups in total. The molecule has 1 atom stereocenters. The third-order valence-electron chi connectivity index (χ3n) is 3.67. The Bertz CT molecular complexity index is 815. The molecule has 2 heteroatoms. The SMILES string of the molecule is COc1ccc([C@@H](C#Cc2ccccc2)Nc2ccccc2)cc1. The van der Waals surface area contributed by atoms with E-state index >= 15 is 0 Å². The van der Waals surface area contributed by atoms with Gasteiger partial charge in [-0.15, -0.1) is 0 Å². The van der Waals surface area contributed by atoms with Crippen molar-refractivity contribution < 1.29 is 4.74 Å². The zero-order valence-corrected chi connectivity index (χ0v) is 13.6. The fraction of sp³-hybridized carbons (Fsp3) is 0.0909. The fourth-order valence-electron chi connectivity index (χ4n) is 2.38. The predicted octanol–water partition coefficient (Wildman–Crippen LogP) is 4.90. The molecule has 0 aliphatic heterocycles. The van der Waals surface area contributed by atoms with Crippen molar-refractivity contribution in [3.05, 3.63) is 96.1 Å². The van der Waals surface area contributed by atoms with Gasteiger partial charge >= 0.3 is 0 Å².